The van der Waals surface area contributed by atoms with Crippen molar-refractivity contribution < 1.29 is 31.1 Å². The maximum atomic E-state index is 13.2. The first-order valence-corrected chi connectivity index (χ1v) is 14.2. The number of sulfonamides is 1. The summed E-state index contributed by atoms with van der Waals surface area (Å²) in [5, 5.41) is 3.53. The van der Waals surface area contributed by atoms with Gasteiger partial charge >= 0.3 is 6.18 Å². The summed E-state index contributed by atoms with van der Waals surface area (Å²) in [5.74, 6) is 0.0402. The van der Waals surface area contributed by atoms with E-state index in [0.29, 0.717) is 17.7 Å². The smallest absolute Gasteiger partial charge is 0.378 e. The van der Waals surface area contributed by atoms with Crippen LogP contribution in [0.15, 0.2) is 65.6 Å². The van der Waals surface area contributed by atoms with Crippen molar-refractivity contribution in [2.75, 3.05) is 16.6 Å². The van der Waals surface area contributed by atoms with E-state index in [4.69, 9.17) is 4.74 Å². The van der Waals surface area contributed by atoms with Gasteiger partial charge in [0.2, 0.25) is 0 Å². The van der Waals surface area contributed by atoms with Crippen LogP contribution in [0.4, 0.5) is 24.5 Å². The molecule has 3 aromatic rings. The summed E-state index contributed by atoms with van der Waals surface area (Å²) in [6.07, 6.45) is -4.07. The van der Waals surface area contributed by atoms with Crippen LogP contribution in [0.5, 0.6) is 0 Å². The zero-order valence-electron chi connectivity index (χ0n) is 21.7. The van der Waals surface area contributed by atoms with Crippen LogP contribution >= 0.6 is 0 Å². The first-order valence-electron chi connectivity index (χ1n) is 12.7. The lowest BCUT2D eigenvalue weighted by molar-refractivity contribution is -0.138. The minimum absolute atomic E-state index is 0.00940. The molecule has 2 aliphatic heterocycles. The van der Waals surface area contributed by atoms with Gasteiger partial charge in [0.25, 0.3) is 10.0 Å². The largest absolute Gasteiger partial charge is 0.416 e. The van der Waals surface area contributed by atoms with Crippen molar-refractivity contribution in [3.05, 3.63) is 88.5 Å². The zero-order valence-corrected chi connectivity index (χ0v) is 22.5. The maximum absolute atomic E-state index is 13.2. The number of halogens is 3. The summed E-state index contributed by atoms with van der Waals surface area (Å²) >= 11 is 0. The third kappa shape index (κ3) is 5.27. The molecule has 0 spiro atoms. The van der Waals surface area contributed by atoms with Gasteiger partial charge in [-0.15, -0.1) is 0 Å². The Balaban J connectivity index is 1.41. The Hall–Kier alpha value is -3.37. The van der Waals surface area contributed by atoms with Gasteiger partial charge in [0.05, 0.1) is 22.6 Å². The quantitative estimate of drug-likeness (QED) is 0.322. The molecule has 0 bridgehead atoms. The van der Waals surface area contributed by atoms with Crippen LogP contribution in [-0.2, 0) is 20.9 Å². The van der Waals surface area contributed by atoms with Crippen molar-refractivity contribution in [1.29, 1.82) is 0 Å². The summed E-state index contributed by atoms with van der Waals surface area (Å²) in [4.78, 5) is 12.3. The number of hydrogen-bond donors (Lipinski definition) is 2. The van der Waals surface area contributed by atoms with E-state index in [1.807, 2.05) is 38.1 Å². The number of rotatable bonds is 6. The average molecular weight is 559 g/mol. The first-order chi connectivity index (χ1) is 18.3. The molecular weight excluding hydrogens is 529 g/mol. The Morgan fingerprint density at radius 2 is 1.77 bits per heavy atom. The number of benzene rings is 3. The van der Waals surface area contributed by atoms with Gasteiger partial charge in [-0.25, -0.2) is 8.42 Å². The molecule has 2 heterocycles. The Morgan fingerprint density at radius 1 is 1.05 bits per heavy atom. The fourth-order valence-corrected chi connectivity index (χ4v) is 6.48. The summed E-state index contributed by atoms with van der Waals surface area (Å²) in [7, 11) is -4.07. The van der Waals surface area contributed by atoms with Crippen molar-refractivity contribution in [2.45, 2.75) is 50.4 Å². The van der Waals surface area contributed by atoms with Gasteiger partial charge < -0.3 is 10.1 Å². The Morgan fingerprint density at radius 3 is 2.41 bits per heavy atom. The van der Waals surface area contributed by atoms with Gasteiger partial charge in [0, 0.05) is 40.9 Å². The molecule has 2 aliphatic rings. The van der Waals surface area contributed by atoms with Crippen LogP contribution in [0.25, 0.3) is 0 Å². The topological polar surface area (TPSA) is 84.5 Å². The highest BCUT2D eigenvalue weighted by molar-refractivity contribution is 7.92. The highest BCUT2D eigenvalue weighted by atomic mass is 32.2. The number of nitrogens with one attached hydrogen (secondary N) is 2. The van der Waals surface area contributed by atoms with Gasteiger partial charge in [-0.05, 0) is 60.9 Å². The number of ketones is 1. The second-order valence-corrected chi connectivity index (χ2v) is 12.1. The molecule has 1 fully saturated rings. The summed E-state index contributed by atoms with van der Waals surface area (Å²) < 4.78 is 74.1. The van der Waals surface area contributed by atoms with Gasteiger partial charge in [0.1, 0.15) is 0 Å². The standard InChI is InChI=1S/C29H29F3N2O4S/c1-16(2)27(35)19-6-4-18(5-7-19)26-22-12-13-38-28(22)23-15-21(9-11-25(23)33-26)39(36,37)34-20-8-10-24(17(3)14-20)29(30,31)32/h4-11,14-16,22,26,28,33-34H,12-13H2,1-3H3/t22-,26?,28-/m0/s1. The number of carbonyl (C=O) groups is 1. The number of Topliss-reactive ketones (excluding diaryl/α,β-unsaturated/α-hetero) is 1. The van der Waals surface area contributed by atoms with Crippen LogP contribution in [-0.4, -0.2) is 20.8 Å². The van der Waals surface area contributed by atoms with E-state index < -0.39 is 21.8 Å². The highest BCUT2D eigenvalue weighted by Crippen LogP contribution is 2.50. The number of hydrogen-bond acceptors (Lipinski definition) is 5. The molecular formula is C29H29F3N2O4S. The molecule has 6 nitrogen and oxygen atoms in total. The summed E-state index contributed by atoms with van der Waals surface area (Å²) in [5.41, 5.74) is 2.29. The monoisotopic (exact) mass is 558 g/mol. The number of ether oxygens (including phenoxy) is 1. The minimum atomic E-state index is -4.52. The van der Waals surface area contributed by atoms with Crippen molar-refractivity contribution in [2.24, 2.45) is 11.8 Å². The van der Waals surface area contributed by atoms with Crippen molar-refractivity contribution in [1.82, 2.24) is 0 Å². The van der Waals surface area contributed by atoms with E-state index in [2.05, 4.69) is 10.0 Å². The molecule has 0 aliphatic carbocycles. The number of alkyl halides is 3. The molecule has 3 aromatic carbocycles. The predicted octanol–water partition coefficient (Wildman–Crippen LogP) is 6.90. The lowest BCUT2D eigenvalue weighted by Crippen LogP contribution is -2.29. The van der Waals surface area contributed by atoms with E-state index in [0.717, 1.165) is 29.8 Å². The van der Waals surface area contributed by atoms with E-state index in [1.54, 1.807) is 12.1 Å². The van der Waals surface area contributed by atoms with Gasteiger partial charge in [-0.2, -0.15) is 13.2 Å². The average Bonchev–Trinajstić information content (AvgIpc) is 3.37. The Kier molecular flexibility index (Phi) is 6.97. The Labute approximate surface area is 225 Å². The normalized spacial score (nSPS) is 20.7. The molecule has 206 valence electrons. The number of carbonyl (C=O) groups excluding carboxylic acids is 1. The van der Waals surface area contributed by atoms with Crippen LogP contribution in [0.3, 0.4) is 0 Å². The van der Waals surface area contributed by atoms with Gasteiger partial charge in [-0.3, -0.25) is 9.52 Å². The van der Waals surface area contributed by atoms with Crippen LogP contribution < -0.4 is 10.0 Å². The molecule has 10 heteroatoms. The second-order valence-electron chi connectivity index (χ2n) is 10.4. The van der Waals surface area contributed by atoms with E-state index in [-0.39, 0.29) is 45.9 Å². The fraction of sp³-hybridized carbons (Fsp3) is 0.345. The Bertz CT molecular complexity index is 1520. The molecule has 0 radical (unpaired) electrons. The lowest BCUT2D eigenvalue weighted by atomic mass is 9.81. The third-order valence-corrected chi connectivity index (χ3v) is 8.76. The van der Waals surface area contributed by atoms with E-state index in [9.17, 15) is 26.4 Å². The molecule has 0 aromatic heterocycles. The van der Waals surface area contributed by atoms with Crippen LogP contribution in [0.1, 0.15) is 65.0 Å². The van der Waals surface area contributed by atoms with E-state index in [1.165, 1.54) is 19.1 Å². The molecule has 3 atom stereocenters. The van der Waals surface area contributed by atoms with Crippen LogP contribution in [0, 0.1) is 18.8 Å². The molecule has 0 saturated carbocycles. The van der Waals surface area contributed by atoms with Gasteiger partial charge in [-0.1, -0.05) is 38.1 Å². The number of anilines is 2. The summed E-state index contributed by atoms with van der Waals surface area (Å²) in [6, 6.07) is 15.3. The SMILES string of the molecule is Cc1cc(NS(=O)(=O)c2ccc3c(c2)[C@H]2OCC[C@H]2C(c2ccc(C(=O)C(C)C)cc2)N3)ccc1C(F)(F)F. The second kappa shape index (κ2) is 9.98. The molecule has 2 N–H and O–H groups in total. The minimum Gasteiger partial charge on any atom is -0.378 e. The fourth-order valence-electron chi connectivity index (χ4n) is 5.40. The predicted molar refractivity (Wildman–Crippen MR) is 142 cm³/mol. The van der Waals surface area contributed by atoms with Crippen molar-refractivity contribution in [3.8, 4) is 0 Å². The van der Waals surface area contributed by atoms with Crippen molar-refractivity contribution in [3.63, 3.8) is 0 Å². The molecule has 1 saturated heterocycles. The number of aryl methyl sites for hydroxylation is 1. The zero-order chi connectivity index (χ0) is 28.1. The maximum Gasteiger partial charge on any atom is 0.416 e. The third-order valence-electron chi connectivity index (χ3n) is 7.38. The number of fused-ring (bicyclic) bond motifs is 3. The lowest BCUT2D eigenvalue weighted by Gasteiger charge is -2.36. The molecule has 0 amide bonds. The molecule has 5 rings (SSSR count). The summed E-state index contributed by atoms with van der Waals surface area (Å²) in [6.45, 7) is 5.54. The van der Waals surface area contributed by atoms with E-state index >= 15 is 0 Å². The molecule has 39 heavy (non-hydrogen) atoms. The molecule has 1 unspecified atom stereocenters. The van der Waals surface area contributed by atoms with Crippen molar-refractivity contribution >= 4 is 27.2 Å². The van der Waals surface area contributed by atoms with Crippen LogP contribution in [0.2, 0.25) is 0 Å². The highest BCUT2D eigenvalue weighted by Gasteiger charge is 2.42. The first kappa shape index (κ1) is 27.2. The van der Waals surface area contributed by atoms with Gasteiger partial charge in [0.15, 0.2) is 5.78 Å².